The molecule has 0 saturated heterocycles. The third-order valence-electron chi connectivity index (χ3n) is 4.28. The largest absolute Gasteiger partial charge is 0.355 e. The number of aryl methyl sites for hydroxylation is 1. The van der Waals surface area contributed by atoms with Crippen molar-refractivity contribution in [2.45, 2.75) is 19.3 Å². The van der Waals surface area contributed by atoms with Gasteiger partial charge in [0.2, 0.25) is 5.91 Å². The van der Waals surface area contributed by atoms with E-state index >= 15 is 0 Å². The zero-order valence-corrected chi connectivity index (χ0v) is 15.0. The number of halogens is 1. The molecule has 0 unspecified atom stereocenters. The number of nitrogens with zero attached hydrogens (tertiary/aromatic N) is 1. The van der Waals surface area contributed by atoms with Crippen LogP contribution in [-0.4, -0.2) is 35.7 Å². The molecule has 1 heterocycles. The van der Waals surface area contributed by atoms with Crippen LogP contribution >= 0.6 is 11.6 Å². The van der Waals surface area contributed by atoms with E-state index in [1.807, 2.05) is 24.3 Å². The standard InChI is InChI=1S/C20H19ClN2O3/c21-15-8-5-7-14(12-15)6-3-4-11-22-18(24)13-23-19(25)16-9-1-2-10-17(16)20(23)26/h1-2,5,7-10,12H,3-4,6,11,13H2,(H,22,24). The molecule has 0 saturated carbocycles. The van der Waals surface area contributed by atoms with Crippen molar-refractivity contribution in [2.24, 2.45) is 0 Å². The lowest BCUT2D eigenvalue weighted by Crippen LogP contribution is -2.40. The molecular weight excluding hydrogens is 352 g/mol. The molecule has 5 nitrogen and oxygen atoms in total. The van der Waals surface area contributed by atoms with Crippen LogP contribution < -0.4 is 5.32 Å². The number of carbonyl (C=O) groups excluding carboxylic acids is 3. The first kappa shape index (κ1) is 18.1. The molecule has 0 spiro atoms. The minimum absolute atomic E-state index is 0.249. The van der Waals surface area contributed by atoms with E-state index in [4.69, 9.17) is 11.6 Å². The fourth-order valence-corrected chi connectivity index (χ4v) is 3.17. The number of unbranched alkanes of at least 4 members (excludes halogenated alkanes) is 1. The summed E-state index contributed by atoms with van der Waals surface area (Å²) in [5.41, 5.74) is 1.87. The molecule has 1 N–H and O–H groups in total. The number of fused-ring (bicyclic) bond motifs is 1. The molecule has 0 radical (unpaired) electrons. The highest BCUT2D eigenvalue weighted by molar-refractivity contribution is 6.30. The van der Waals surface area contributed by atoms with Crippen LogP contribution in [0.1, 0.15) is 39.1 Å². The molecule has 1 aliphatic rings. The van der Waals surface area contributed by atoms with Crippen molar-refractivity contribution < 1.29 is 14.4 Å². The Bertz CT molecular complexity index is 815. The van der Waals surface area contributed by atoms with Gasteiger partial charge < -0.3 is 5.32 Å². The number of nitrogens with one attached hydrogen (secondary N) is 1. The van der Waals surface area contributed by atoms with Gasteiger partial charge in [0.25, 0.3) is 11.8 Å². The van der Waals surface area contributed by atoms with Gasteiger partial charge in [0.15, 0.2) is 0 Å². The van der Waals surface area contributed by atoms with Crippen LogP contribution in [0.4, 0.5) is 0 Å². The summed E-state index contributed by atoms with van der Waals surface area (Å²) in [6.45, 7) is 0.253. The molecule has 26 heavy (non-hydrogen) atoms. The Kier molecular flexibility index (Phi) is 5.68. The SMILES string of the molecule is O=C(CN1C(=O)c2ccccc2C1=O)NCCCCc1cccc(Cl)c1. The Morgan fingerprint density at radius 2 is 1.65 bits per heavy atom. The van der Waals surface area contributed by atoms with Crippen molar-refractivity contribution in [3.8, 4) is 0 Å². The second-order valence-electron chi connectivity index (χ2n) is 6.18. The Labute approximate surface area is 156 Å². The van der Waals surface area contributed by atoms with Crippen molar-refractivity contribution in [2.75, 3.05) is 13.1 Å². The fourth-order valence-electron chi connectivity index (χ4n) is 2.96. The van der Waals surface area contributed by atoms with Gasteiger partial charge in [-0.1, -0.05) is 35.9 Å². The van der Waals surface area contributed by atoms with E-state index in [2.05, 4.69) is 5.32 Å². The maximum Gasteiger partial charge on any atom is 0.262 e. The van der Waals surface area contributed by atoms with Crippen LogP contribution in [0.3, 0.4) is 0 Å². The molecule has 3 amide bonds. The molecule has 0 bridgehead atoms. The van der Waals surface area contributed by atoms with Gasteiger partial charge >= 0.3 is 0 Å². The van der Waals surface area contributed by atoms with Crippen molar-refractivity contribution in [3.05, 3.63) is 70.2 Å². The van der Waals surface area contributed by atoms with Crippen LogP contribution in [-0.2, 0) is 11.2 Å². The topological polar surface area (TPSA) is 66.5 Å². The molecule has 0 aromatic heterocycles. The lowest BCUT2D eigenvalue weighted by molar-refractivity contribution is -0.121. The van der Waals surface area contributed by atoms with E-state index in [-0.39, 0.29) is 12.5 Å². The highest BCUT2D eigenvalue weighted by Crippen LogP contribution is 2.21. The number of benzene rings is 2. The second kappa shape index (κ2) is 8.15. The third kappa shape index (κ3) is 4.11. The van der Waals surface area contributed by atoms with Gasteiger partial charge in [-0.05, 0) is 49.1 Å². The molecule has 0 aliphatic carbocycles. The fraction of sp³-hybridized carbons (Fsp3) is 0.250. The minimum atomic E-state index is -0.415. The van der Waals surface area contributed by atoms with E-state index in [0.717, 1.165) is 34.7 Å². The maximum absolute atomic E-state index is 12.2. The zero-order valence-electron chi connectivity index (χ0n) is 14.2. The van der Waals surface area contributed by atoms with E-state index in [1.165, 1.54) is 0 Å². The average Bonchev–Trinajstić information content (AvgIpc) is 2.87. The number of carbonyl (C=O) groups is 3. The summed E-state index contributed by atoms with van der Waals surface area (Å²) in [6.07, 6.45) is 2.60. The van der Waals surface area contributed by atoms with Gasteiger partial charge in [-0.15, -0.1) is 0 Å². The number of amides is 3. The smallest absolute Gasteiger partial charge is 0.262 e. The first-order valence-corrected chi connectivity index (χ1v) is 8.90. The predicted molar refractivity (Wildman–Crippen MR) is 99.2 cm³/mol. The molecule has 6 heteroatoms. The van der Waals surface area contributed by atoms with Gasteiger partial charge in [0, 0.05) is 11.6 Å². The second-order valence-corrected chi connectivity index (χ2v) is 6.62. The van der Waals surface area contributed by atoms with E-state index in [9.17, 15) is 14.4 Å². The first-order chi connectivity index (χ1) is 12.6. The summed E-state index contributed by atoms with van der Waals surface area (Å²) >= 11 is 5.95. The van der Waals surface area contributed by atoms with Crippen LogP contribution in [0.15, 0.2) is 48.5 Å². The summed E-state index contributed by atoms with van der Waals surface area (Å²) in [5, 5.41) is 3.48. The maximum atomic E-state index is 12.2. The van der Waals surface area contributed by atoms with Crippen LogP contribution in [0, 0.1) is 0 Å². The minimum Gasteiger partial charge on any atom is -0.355 e. The Morgan fingerprint density at radius 1 is 0.962 bits per heavy atom. The van der Waals surface area contributed by atoms with E-state index < -0.39 is 11.8 Å². The lowest BCUT2D eigenvalue weighted by Gasteiger charge is -2.13. The van der Waals surface area contributed by atoms with E-state index in [1.54, 1.807) is 24.3 Å². The van der Waals surface area contributed by atoms with Gasteiger partial charge in [0.1, 0.15) is 6.54 Å². The predicted octanol–water partition coefficient (Wildman–Crippen LogP) is 3.08. The molecular formula is C20H19ClN2O3. The summed E-state index contributed by atoms with van der Waals surface area (Å²) in [6, 6.07) is 14.3. The number of hydrogen-bond donors (Lipinski definition) is 1. The van der Waals surface area contributed by atoms with Gasteiger partial charge in [-0.25, -0.2) is 0 Å². The summed E-state index contributed by atoms with van der Waals surface area (Å²) in [4.78, 5) is 37.5. The first-order valence-electron chi connectivity index (χ1n) is 8.52. The number of hydrogen-bond acceptors (Lipinski definition) is 3. The molecule has 134 valence electrons. The Balaban J connectivity index is 1.41. The Hall–Kier alpha value is -2.66. The molecule has 0 atom stereocenters. The zero-order chi connectivity index (χ0) is 18.5. The van der Waals surface area contributed by atoms with Crippen molar-refractivity contribution >= 4 is 29.3 Å². The molecule has 1 aliphatic heterocycles. The average molecular weight is 371 g/mol. The molecule has 3 rings (SSSR count). The summed E-state index contributed by atoms with van der Waals surface area (Å²) in [7, 11) is 0. The van der Waals surface area contributed by atoms with Crippen LogP contribution in [0.5, 0.6) is 0 Å². The van der Waals surface area contributed by atoms with Crippen molar-refractivity contribution in [1.82, 2.24) is 10.2 Å². The van der Waals surface area contributed by atoms with Crippen molar-refractivity contribution in [1.29, 1.82) is 0 Å². The van der Waals surface area contributed by atoms with Crippen molar-refractivity contribution in [3.63, 3.8) is 0 Å². The Morgan fingerprint density at radius 3 is 2.31 bits per heavy atom. The lowest BCUT2D eigenvalue weighted by atomic mass is 10.1. The van der Waals surface area contributed by atoms with Crippen LogP contribution in [0.25, 0.3) is 0 Å². The third-order valence-corrected chi connectivity index (χ3v) is 4.52. The summed E-state index contributed by atoms with van der Waals surface area (Å²) < 4.78 is 0. The molecule has 2 aromatic rings. The van der Waals surface area contributed by atoms with Gasteiger partial charge in [-0.2, -0.15) is 0 Å². The van der Waals surface area contributed by atoms with Crippen LogP contribution in [0.2, 0.25) is 5.02 Å². The molecule has 0 fully saturated rings. The van der Waals surface area contributed by atoms with E-state index in [0.29, 0.717) is 17.7 Å². The molecule has 2 aromatic carbocycles. The summed E-state index contributed by atoms with van der Waals surface area (Å²) in [5.74, 6) is -1.16. The number of imide groups is 1. The number of rotatable bonds is 7. The monoisotopic (exact) mass is 370 g/mol. The van der Waals surface area contributed by atoms with Gasteiger partial charge in [-0.3, -0.25) is 19.3 Å². The normalized spacial score (nSPS) is 13.0. The highest BCUT2D eigenvalue weighted by atomic mass is 35.5. The highest BCUT2D eigenvalue weighted by Gasteiger charge is 2.36. The quantitative estimate of drug-likeness (QED) is 0.601. The van der Waals surface area contributed by atoms with Gasteiger partial charge in [0.05, 0.1) is 11.1 Å².